The van der Waals surface area contributed by atoms with Crippen molar-refractivity contribution in [2.24, 2.45) is 0 Å². The van der Waals surface area contributed by atoms with Gasteiger partial charge in [0.05, 0.1) is 0 Å². The summed E-state index contributed by atoms with van der Waals surface area (Å²) in [5.74, 6) is 0. The number of hydrogen-bond acceptors (Lipinski definition) is 4. The average Bonchev–Trinajstić information content (AvgIpc) is 2.25. The van der Waals surface area contributed by atoms with Gasteiger partial charge in [0.1, 0.15) is 0 Å². The molecular weight excluding hydrogens is 191 g/mol. The number of hydrogen-bond donors (Lipinski definition) is 2. The molecule has 0 aromatic rings. The summed E-state index contributed by atoms with van der Waals surface area (Å²) < 4.78 is 5.48. The summed E-state index contributed by atoms with van der Waals surface area (Å²) in [5, 5.41) is 13.0. The van der Waals surface area contributed by atoms with Crippen molar-refractivity contribution in [3.8, 4) is 0 Å². The summed E-state index contributed by atoms with van der Waals surface area (Å²) in [7, 11) is -0.344. The van der Waals surface area contributed by atoms with Gasteiger partial charge >= 0.3 is 7.05 Å². The maximum absolute atomic E-state index is 9.61. The predicted octanol–water partition coefficient (Wildman–Crippen LogP) is 0.187. The molecule has 2 N–H and O–H groups in total. The molecule has 1 aliphatic heterocycles. The highest BCUT2D eigenvalue weighted by atomic mass is 16.5. The first kappa shape index (κ1) is 13.0. The Bertz CT molecular complexity index is 170. The lowest BCUT2D eigenvalue weighted by Crippen LogP contribution is -2.56. The maximum atomic E-state index is 9.61. The highest BCUT2D eigenvalue weighted by Crippen LogP contribution is 2.08. The molecule has 1 rings (SSSR count). The van der Waals surface area contributed by atoms with Gasteiger partial charge in [-0.1, -0.05) is 6.92 Å². The quantitative estimate of drug-likeness (QED) is 0.489. The summed E-state index contributed by atoms with van der Waals surface area (Å²) >= 11 is 0. The van der Waals surface area contributed by atoms with Crippen LogP contribution in [0.4, 0.5) is 0 Å². The lowest BCUT2D eigenvalue weighted by molar-refractivity contribution is 0.107. The minimum absolute atomic E-state index is 0.344. The minimum Gasteiger partial charge on any atom is -0.437 e. The molecule has 0 aromatic carbocycles. The van der Waals surface area contributed by atoms with Crippen LogP contribution in [0.1, 0.15) is 19.8 Å². The van der Waals surface area contributed by atoms with Gasteiger partial charge in [-0.05, 0) is 19.7 Å². The Hall–Kier alpha value is -0.0951. The van der Waals surface area contributed by atoms with E-state index in [1.807, 2.05) is 6.82 Å². The summed E-state index contributed by atoms with van der Waals surface area (Å²) in [5.41, 5.74) is 0. The van der Waals surface area contributed by atoms with Crippen LogP contribution in [0.5, 0.6) is 0 Å². The topological polar surface area (TPSA) is 44.7 Å². The normalized spacial score (nSPS) is 23.0. The van der Waals surface area contributed by atoms with Crippen molar-refractivity contribution in [1.82, 2.24) is 10.1 Å². The Morgan fingerprint density at radius 3 is 3.00 bits per heavy atom. The fraction of sp³-hybridized carbons (Fsp3) is 1.00. The molecule has 1 saturated heterocycles. The molecule has 88 valence electrons. The molecule has 5 heteroatoms. The van der Waals surface area contributed by atoms with E-state index in [9.17, 15) is 5.02 Å². The molecule has 4 nitrogen and oxygen atoms in total. The molecule has 1 aliphatic rings. The van der Waals surface area contributed by atoms with Gasteiger partial charge in [0.15, 0.2) is 0 Å². The number of ether oxygens (including phenoxy) is 1. The number of nitrogens with zero attached hydrogens (tertiary/aromatic N) is 1. The second kappa shape index (κ2) is 7.22. The molecule has 0 unspecified atom stereocenters. The smallest absolute Gasteiger partial charge is 0.376 e. The molecular formula is C10H23BN2O2. The van der Waals surface area contributed by atoms with Crippen LogP contribution in [0.3, 0.4) is 0 Å². The van der Waals surface area contributed by atoms with Crippen molar-refractivity contribution < 1.29 is 9.76 Å². The number of rotatable bonds is 6. The molecule has 0 radical (unpaired) electrons. The Balaban J connectivity index is 2.23. The first-order chi connectivity index (χ1) is 7.25. The predicted molar refractivity (Wildman–Crippen MR) is 62.9 cm³/mol. The van der Waals surface area contributed by atoms with E-state index >= 15 is 0 Å². The SMILES string of the molecule is CCCOCC[C@H]1CNCCN1B(C)O. The van der Waals surface area contributed by atoms with Crippen LogP contribution in [0.25, 0.3) is 0 Å². The van der Waals surface area contributed by atoms with Crippen LogP contribution in [-0.2, 0) is 4.74 Å². The first-order valence-corrected chi connectivity index (χ1v) is 5.98. The zero-order valence-electron chi connectivity index (χ0n) is 9.91. The molecule has 0 saturated carbocycles. The Labute approximate surface area is 93.1 Å². The van der Waals surface area contributed by atoms with Crippen LogP contribution < -0.4 is 5.32 Å². The number of piperazine rings is 1. The third-order valence-electron chi connectivity index (χ3n) is 2.82. The van der Waals surface area contributed by atoms with Crippen molar-refractivity contribution in [3.63, 3.8) is 0 Å². The fourth-order valence-electron chi connectivity index (χ4n) is 2.00. The lowest BCUT2D eigenvalue weighted by Gasteiger charge is -2.37. The molecule has 1 heterocycles. The molecule has 0 aliphatic carbocycles. The van der Waals surface area contributed by atoms with Gasteiger partial charge in [0.2, 0.25) is 0 Å². The summed E-state index contributed by atoms with van der Waals surface area (Å²) in [6, 6.07) is 0.413. The largest absolute Gasteiger partial charge is 0.437 e. The lowest BCUT2D eigenvalue weighted by atomic mass is 9.81. The van der Waals surface area contributed by atoms with E-state index in [2.05, 4.69) is 17.1 Å². The minimum atomic E-state index is -0.344. The van der Waals surface area contributed by atoms with Crippen molar-refractivity contribution in [2.45, 2.75) is 32.6 Å². The molecule has 1 fully saturated rings. The zero-order valence-corrected chi connectivity index (χ0v) is 9.91. The van der Waals surface area contributed by atoms with E-state index in [0.29, 0.717) is 6.04 Å². The highest BCUT2D eigenvalue weighted by Gasteiger charge is 2.27. The number of nitrogens with one attached hydrogen (secondary N) is 1. The fourth-order valence-corrected chi connectivity index (χ4v) is 2.00. The third kappa shape index (κ3) is 4.51. The molecule has 1 atom stereocenters. The molecule has 0 amide bonds. The van der Waals surface area contributed by atoms with Crippen LogP contribution in [0.15, 0.2) is 0 Å². The van der Waals surface area contributed by atoms with E-state index < -0.39 is 0 Å². The van der Waals surface area contributed by atoms with E-state index in [0.717, 1.165) is 45.7 Å². The monoisotopic (exact) mass is 214 g/mol. The molecule has 0 bridgehead atoms. The Kier molecular flexibility index (Phi) is 6.25. The van der Waals surface area contributed by atoms with E-state index in [4.69, 9.17) is 4.74 Å². The Morgan fingerprint density at radius 2 is 2.33 bits per heavy atom. The van der Waals surface area contributed by atoms with Crippen LogP contribution in [0, 0.1) is 0 Å². The van der Waals surface area contributed by atoms with Gasteiger partial charge in [-0.15, -0.1) is 0 Å². The van der Waals surface area contributed by atoms with Gasteiger partial charge in [-0.25, -0.2) is 0 Å². The molecule has 0 spiro atoms. The van der Waals surface area contributed by atoms with E-state index in [1.165, 1.54) is 0 Å². The molecule has 15 heavy (non-hydrogen) atoms. The third-order valence-corrected chi connectivity index (χ3v) is 2.82. The van der Waals surface area contributed by atoms with E-state index in [-0.39, 0.29) is 7.05 Å². The highest BCUT2D eigenvalue weighted by molar-refractivity contribution is 6.45. The van der Waals surface area contributed by atoms with Crippen molar-refractivity contribution in [1.29, 1.82) is 0 Å². The molecule has 0 aromatic heterocycles. The Morgan fingerprint density at radius 1 is 1.53 bits per heavy atom. The van der Waals surface area contributed by atoms with Gasteiger partial charge in [-0.3, -0.25) is 0 Å². The van der Waals surface area contributed by atoms with Crippen LogP contribution in [-0.4, -0.2) is 55.8 Å². The summed E-state index contributed by atoms with van der Waals surface area (Å²) in [6.07, 6.45) is 2.07. The van der Waals surface area contributed by atoms with Gasteiger partial charge in [0.25, 0.3) is 0 Å². The van der Waals surface area contributed by atoms with E-state index in [1.54, 1.807) is 0 Å². The summed E-state index contributed by atoms with van der Waals surface area (Å²) in [6.45, 7) is 8.45. The van der Waals surface area contributed by atoms with Crippen LogP contribution in [0.2, 0.25) is 6.82 Å². The maximum Gasteiger partial charge on any atom is 0.376 e. The van der Waals surface area contributed by atoms with Crippen molar-refractivity contribution in [2.75, 3.05) is 32.8 Å². The van der Waals surface area contributed by atoms with Gasteiger partial charge in [0, 0.05) is 38.9 Å². The average molecular weight is 214 g/mol. The van der Waals surface area contributed by atoms with Gasteiger partial charge < -0.3 is 19.9 Å². The standard InChI is InChI=1S/C10H23BN2O2/c1-3-7-15-8-4-10-9-12-5-6-13(10)11(2)14/h10,12,14H,3-9H2,1-2H3/t10-/m0/s1. The van der Waals surface area contributed by atoms with Gasteiger partial charge in [-0.2, -0.15) is 0 Å². The zero-order chi connectivity index (χ0) is 11.1. The van der Waals surface area contributed by atoms with Crippen molar-refractivity contribution in [3.05, 3.63) is 0 Å². The van der Waals surface area contributed by atoms with Crippen molar-refractivity contribution >= 4 is 7.05 Å². The summed E-state index contributed by atoms with van der Waals surface area (Å²) in [4.78, 5) is 2.14. The van der Waals surface area contributed by atoms with Crippen LogP contribution >= 0.6 is 0 Å². The second-order valence-corrected chi connectivity index (χ2v) is 4.13. The second-order valence-electron chi connectivity index (χ2n) is 4.13. The first-order valence-electron chi connectivity index (χ1n) is 5.98.